The van der Waals surface area contributed by atoms with Gasteiger partial charge in [-0.05, 0) is 36.6 Å². The molecule has 0 saturated heterocycles. The van der Waals surface area contributed by atoms with Crippen molar-refractivity contribution in [2.75, 3.05) is 0 Å². The van der Waals surface area contributed by atoms with Crippen LogP contribution in [0.25, 0.3) is 0 Å². The first-order valence-electron chi connectivity index (χ1n) is 8.26. The van der Waals surface area contributed by atoms with Gasteiger partial charge in [0.2, 0.25) is 11.8 Å². The first kappa shape index (κ1) is 16.8. The predicted molar refractivity (Wildman–Crippen MR) is 92.6 cm³/mol. The minimum Gasteiger partial charge on any atom is -0.345 e. The van der Waals surface area contributed by atoms with Crippen LogP contribution in [0.1, 0.15) is 41.7 Å². The zero-order valence-electron chi connectivity index (χ0n) is 14.1. The zero-order valence-corrected chi connectivity index (χ0v) is 14.1. The van der Waals surface area contributed by atoms with Gasteiger partial charge in [0.1, 0.15) is 0 Å². The average Bonchev–Trinajstić information content (AvgIpc) is 3.06. The molecule has 6 nitrogen and oxygen atoms in total. The first-order valence-corrected chi connectivity index (χ1v) is 8.26. The second kappa shape index (κ2) is 8.19. The maximum absolute atomic E-state index is 12.4. The van der Waals surface area contributed by atoms with Gasteiger partial charge >= 0.3 is 0 Å². The second-order valence-electron chi connectivity index (χ2n) is 5.78. The quantitative estimate of drug-likeness (QED) is 0.717. The molecule has 0 aliphatic rings. The summed E-state index contributed by atoms with van der Waals surface area (Å²) in [6, 6.07) is 13.5. The van der Waals surface area contributed by atoms with Crippen LogP contribution in [0.2, 0.25) is 0 Å². The van der Waals surface area contributed by atoms with Crippen molar-refractivity contribution < 1.29 is 9.32 Å². The van der Waals surface area contributed by atoms with Gasteiger partial charge in [-0.2, -0.15) is 4.98 Å². The summed E-state index contributed by atoms with van der Waals surface area (Å²) in [6.07, 6.45) is 5.12. The number of pyridine rings is 1. The van der Waals surface area contributed by atoms with Crippen LogP contribution in [0.4, 0.5) is 0 Å². The Morgan fingerprint density at radius 3 is 2.52 bits per heavy atom. The van der Waals surface area contributed by atoms with E-state index in [0.29, 0.717) is 31.0 Å². The SMILES string of the molecule is Cc1noc(CCCC(=O)NC(c2ccccc2)c2ccncc2)n1. The standard InChI is InChI=1S/C19H20N4O2/c1-14-21-18(25-23-14)9-5-8-17(24)22-19(15-6-3-2-4-7-15)16-10-12-20-13-11-16/h2-4,6-7,10-13,19H,5,8-9H2,1H3,(H,22,24). The molecule has 0 fully saturated rings. The molecule has 1 aromatic carbocycles. The van der Waals surface area contributed by atoms with E-state index in [-0.39, 0.29) is 11.9 Å². The van der Waals surface area contributed by atoms with Crippen molar-refractivity contribution in [3.8, 4) is 0 Å². The van der Waals surface area contributed by atoms with E-state index in [1.165, 1.54) is 0 Å². The fraction of sp³-hybridized carbons (Fsp3) is 0.263. The molecule has 25 heavy (non-hydrogen) atoms. The van der Waals surface area contributed by atoms with E-state index in [0.717, 1.165) is 11.1 Å². The van der Waals surface area contributed by atoms with Crippen molar-refractivity contribution in [2.45, 2.75) is 32.2 Å². The average molecular weight is 336 g/mol. The maximum atomic E-state index is 12.4. The highest BCUT2D eigenvalue weighted by Gasteiger charge is 2.16. The molecule has 0 radical (unpaired) electrons. The Kier molecular flexibility index (Phi) is 5.51. The molecule has 2 aromatic heterocycles. The number of carbonyl (C=O) groups is 1. The number of amides is 1. The highest BCUT2D eigenvalue weighted by atomic mass is 16.5. The molecule has 3 rings (SSSR count). The van der Waals surface area contributed by atoms with Gasteiger partial charge in [-0.3, -0.25) is 9.78 Å². The van der Waals surface area contributed by atoms with E-state index in [9.17, 15) is 4.79 Å². The van der Waals surface area contributed by atoms with Crippen molar-refractivity contribution in [2.24, 2.45) is 0 Å². The molecule has 1 amide bonds. The van der Waals surface area contributed by atoms with Crippen LogP contribution in [0.3, 0.4) is 0 Å². The molecule has 0 aliphatic heterocycles. The van der Waals surface area contributed by atoms with Crippen LogP contribution in [-0.2, 0) is 11.2 Å². The number of carbonyl (C=O) groups excluding carboxylic acids is 1. The molecule has 1 unspecified atom stereocenters. The number of benzene rings is 1. The molecular weight excluding hydrogens is 316 g/mol. The first-order chi connectivity index (χ1) is 12.2. The van der Waals surface area contributed by atoms with Gasteiger partial charge < -0.3 is 9.84 Å². The molecule has 0 bridgehead atoms. The van der Waals surface area contributed by atoms with Gasteiger partial charge in [0, 0.05) is 25.2 Å². The Balaban J connectivity index is 1.62. The second-order valence-corrected chi connectivity index (χ2v) is 5.78. The third-order valence-corrected chi connectivity index (χ3v) is 3.84. The van der Waals surface area contributed by atoms with Crippen molar-refractivity contribution in [1.82, 2.24) is 20.4 Å². The minimum absolute atomic E-state index is 0.0121. The van der Waals surface area contributed by atoms with Crippen LogP contribution in [0, 0.1) is 6.92 Å². The Morgan fingerprint density at radius 1 is 1.12 bits per heavy atom. The molecule has 0 aliphatic carbocycles. The number of nitrogens with one attached hydrogen (secondary N) is 1. The summed E-state index contributed by atoms with van der Waals surface area (Å²) < 4.78 is 5.07. The van der Waals surface area contributed by atoms with Gasteiger partial charge in [0.15, 0.2) is 5.82 Å². The highest BCUT2D eigenvalue weighted by Crippen LogP contribution is 2.21. The monoisotopic (exact) mass is 336 g/mol. The van der Waals surface area contributed by atoms with Crippen LogP contribution >= 0.6 is 0 Å². The van der Waals surface area contributed by atoms with Gasteiger partial charge in [-0.1, -0.05) is 35.5 Å². The van der Waals surface area contributed by atoms with Gasteiger partial charge in [-0.25, -0.2) is 0 Å². The topological polar surface area (TPSA) is 80.9 Å². The van der Waals surface area contributed by atoms with Crippen LogP contribution in [0.15, 0.2) is 59.4 Å². The summed E-state index contributed by atoms with van der Waals surface area (Å²) >= 11 is 0. The summed E-state index contributed by atoms with van der Waals surface area (Å²) in [5.41, 5.74) is 2.04. The summed E-state index contributed by atoms with van der Waals surface area (Å²) in [5.74, 6) is 1.17. The Labute approximate surface area is 146 Å². The Bertz CT molecular complexity index is 763. The number of hydrogen-bond acceptors (Lipinski definition) is 5. The Morgan fingerprint density at radius 2 is 1.84 bits per heavy atom. The lowest BCUT2D eigenvalue weighted by Gasteiger charge is -2.19. The van der Waals surface area contributed by atoms with Crippen LogP contribution in [-0.4, -0.2) is 21.0 Å². The van der Waals surface area contributed by atoms with Crippen molar-refractivity contribution in [3.63, 3.8) is 0 Å². The van der Waals surface area contributed by atoms with E-state index < -0.39 is 0 Å². The number of aryl methyl sites for hydroxylation is 2. The van der Waals surface area contributed by atoms with Crippen molar-refractivity contribution in [3.05, 3.63) is 77.7 Å². The van der Waals surface area contributed by atoms with E-state index in [4.69, 9.17) is 4.52 Å². The summed E-state index contributed by atoms with van der Waals surface area (Å²) in [7, 11) is 0. The molecular formula is C19H20N4O2. The minimum atomic E-state index is -0.192. The smallest absolute Gasteiger partial charge is 0.226 e. The predicted octanol–water partition coefficient (Wildman–Crippen LogP) is 3.00. The van der Waals surface area contributed by atoms with Gasteiger partial charge in [0.05, 0.1) is 6.04 Å². The largest absolute Gasteiger partial charge is 0.345 e. The molecule has 128 valence electrons. The van der Waals surface area contributed by atoms with Crippen LogP contribution < -0.4 is 5.32 Å². The number of hydrogen-bond donors (Lipinski definition) is 1. The number of rotatable bonds is 7. The fourth-order valence-electron chi connectivity index (χ4n) is 2.64. The lowest BCUT2D eigenvalue weighted by Crippen LogP contribution is -2.29. The summed E-state index contributed by atoms with van der Waals surface area (Å²) in [5, 5.41) is 6.86. The van der Waals surface area contributed by atoms with Crippen molar-refractivity contribution in [1.29, 1.82) is 0 Å². The normalized spacial score (nSPS) is 11.9. The van der Waals surface area contributed by atoms with E-state index in [1.54, 1.807) is 19.3 Å². The fourth-order valence-corrected chi connectivity index (χ4v) is 2.64. The summed E-state index contributed by atoms with van der Waals surface area (Å²) in [4.78, 5) is 20.6. The van der Waals surface area contributed by atoms with Gasteiger partial charge in [0.25, 0.3) is 0 Å². The highest BCUT2D eigenvalue weighted by molar-refractivity contribution is 5.77. The Hall–Kier alpha value is -3.02. The lowest BCUT2D eigenvalue weighted by atomic mass is 9.99. The van der Waals surface area contributed by atoms with Crippen molar-refractivity contribution >= 4 is 5.91 Å². The van der Waals surface area contributed by atoms with E-state index >= 15 is 0 Å². The van der Waals surface area contributed by atoms with E-state index in [1.807, 2.05) is 42.5 Å². The number of aromatic nitrogens is 3. The molecule has 2 heterocycles. The maximum Gasteiger partial charge on any atom is 0.226 e. The third-order valence-electron chi connectivity index (χ3n) is 3.84. The van der Waals surface area contributed by atoms with E-state index in [2.05, 4.69) is 20.4 Å². The molecule has 6 heteroatoms. The molecule has 1 N–H and O–H groups in total. The number of nitrogens with zero attached hydrogens (tertiary/aromatic N) is 3. The molecule has 0 saturated carbocycles. The molecule has 3 aromatic rings. The summed E-state index contributed by atoms with van der Waals surface area (Å²) in [6.45, 7) is 1.78. The molecule has 1 atom stereocenters. The molecule has 0 spiro atoms. The zero-order chi connectivity index (χ0) is 17.5. The lowest BCUT2D eigenvalue weighted by molar-refractivity contribution is -0.121. The van der Waals surface area contributed by atoms with Gasteiger partial charge in [-0.15, -0.1) is 0 Å². The third kappa shape index (κ3) is 4.73. The van der Waals surface area contributed by atoms with Crippen LogP contribution in [0.5, 0.6) is 0 Å².